The number of aryl methyl sites for hydroxylation is 2. The largest absolute Gasteiger partial charge is 0.393 e. The molecule has 1 amide bonds. The van der Waals surface area contributed by atoms with Gasteiger partial charge in [-0.05, 0) is 18.8 Å². The summed E-state index contributed by atoms with van der Waals surface area (Å²) in [4.78, 5) is 23.2. The minimum Gasteiger partial charge on any atom is -0.393 e. The van der Waals surface area contributed by atoms with E-state index in [9.17, 15) is 14.7 Å². The van der Waals surface area contributed by atoms with Gasteiger partial charge in [0, 0.05) is 37.7 Å². The Labute approximate surface area is 132 Å². The molecule has 1 aliphatic carbocycles. The van der Waals surface area contributed by atoms with Crippen molar-refractivity contribution in [2.75, 3.05) is 0 Å². The summed E-state index contributed by atoms with van der Waals surface area (Å²) in [5.74, 6) is 0.551. The van der Waals surface area contributed by atoms with E-state index in [1.54, 1.807) is 10.9 Å². The topological polar surface area (TPSA) is 113 Å². The first kappa shape index (κ1) is 15.5. The van der Waals surface area contributed by atoms with Gasteiger partial charge in [0.15, 0.2) is 0 Å². The van der Waals surface area contributed by atoms with Gasteiger partial charge in [0.1, 0.15) is 5.76 Å². The molecule has 1 atom stereocenters. The first-order chi connectivity index (χ1) is 11.0. The van der Waals surface area contributed by atoms with Crippen molar-refractivity contribution < 1.29 is 14.4 Å². The van der Waals surface area contributed by atoms with Crippen LogP contribution >= 0.6 is 0 Å². The maximum atomic E-state index is 12.2. The molecule has 3 N–H and O–H groups in total. The number of nitrogens with one attached hydrogen (secondary N) is 2. The number of carbonyl (C=O) groups is 1. The lowest BCUT2D eigenvalue weighted by atomic mass is 9.75. The van der Waals surface area contributed by atoms with Crippen LogP contribution < -0.4 is 10.9 Å². The van der Waals surface area contributed by atoms with E-state index in [1.165, 1.54) is 6.07 Å². The predicted molar refractivity (Wildman–Crippen MR) is 80.5 cm³/mol. The Morgan fingerprint density at radius 3 is 2.96 bits per heavy atom. The van der Waals surface area contributed by atoms with E-state index in [0.717, 1.165) is 5.56 Å². The second-order valence-electron chi connectivity index (χ2n) is 6.06. The van der Waals surface area contributed by atoms with E-state index >= 15 is 0 Å². The fourth-order valence-electron chi connectivity index (χ4n) is 2.90. The summed E-state index contributed by atoms with van der Waals surface area (Å²) in [5, 5.41) is 18.9. The lowest BCUT2D eigenvalue weighted by Crippen LogP contribution is -2.41. The first-order valence-electron chi connectivity index (χ1n) is 7.64. The molecule has 23 heavy (non-hydrogen) atoms. The molecule has 0 spiro atoms. The van der Waals surface area contributed by atoms with Crippen LogP contribution in [0, 0.1) is 5.92 Å². The second kappa shape index (κ2) is 6.41. The lowest BCUT2D eigenvalue weighted by Gasteiger charge is -2.37. The number of aliphatic hydroxyl groups is 1. The van der Waals surface area contributed by atoms with Crippen LogP contribution in [0.15, 0.2) is 27.8 Å². The number of amides is 1. The van der Waals surface area contributed by atoms with Crippen molar-refractivity contribution in [1.82, 2.24) is 20.3 Å². The Kier molecular flexibility index (Phi) is 4.33. The van der Waals surface area contributed by atoms with E-state index in [1.807, 2.05) is 13.2 Å². The number of hydrogen-bond acceptors (Lipinski definition) is 5. The Morgan fingerprint density at radius 1 is 1.61 bits per heavy atom. The summed E-state index contributed by atoms with van der Waals surface area (Å²) in [6.07, 6.45) is 5.26. The van der Waals surface area contributed by atoms with Gasteiger partial charge in [0.25, 0.3) is 5.56 Å². The van der Waals surface area contributed by atoms with Crippen molar-refractivity contribution in [2.24, 2.45) is 13.0 Å². The molecule has 8 nitrogen and oxygen atoms in total. The highest BCUT2D eigenvalue weighted by atomic mass is 16.5. The van der Waals surface area contributed by atoms with Crippen molar-refractivity contribution in [1.29, 1.82) is 0 Å². The quantitative estimate of drug-likeness (QED) is 0.707. The van der Waals surface area contributed by atoms with Gasteiger partial charge in [0.05, 0.1) is 18.3 Å². The van der Waals surface area contributed by atoms with E-state index in [4.69, 9.17) is 4.52 Å². The minimum atomic E-state index is -0.308. The van der Waals surface area contributed by atoms with Gasteiger partial charge in [-0.3, -0.25) is 14.3 Å². The van der Waals surface area contributed by atoms with Gasteiger partial charge >= 0.3 is 0 Å². The van der Waals surface area contributed by atoms with Crippen molar-refractivity contribution in [3.63, 3.8) is 0 Å². The molecule has 0 aromatic carbocycles. The summed E-state index contributed by atoms with van der Waals surface area (Å²) in [5.41, 5.74) is 0.628. The molecular formula is C15H20N4O4. The molecular weight excluding hydrogens is 300 g/mol. The number of H-pyrrole nitrogens is 1. The Hall–Kier alpha value is -2.35. The third-order valence-electron chi connectivity index (χ3n) is 4.19. The number of hydrogen-bond donors (Lipinski definition) is 3. The summed E-state index contributed by atoms with van der Waals surface area (Å²) >= 11 is 0. The maximum Gasteiger partial charge on any atom is 0.280 e. The van der Waals surface area contributed by atoms with Crippen molar-refractivity contribution in [2.45, 2.75) is 37.8 Å². The monoisotopic (exact) mass is 320 g/mol. The highest BCUT2D eigenvalue weighted by molar-refractivity contribution is 5.76. The van der Waals surface area contributed by atoms with Crippen LogP contribution in [0.3, 0.4) is 0 Å². The van der Waals surface area contributed by atoms with Crippen LogP contribution in [0.4, 0.5) is 0 Å². The molecule has 1 saturated carbocycles. The van der Waals surface area contributed by atoms with Gasteiger partial charge in [-0.2, -0.15) is 10.3 Å². The summed E-state index contributed by atoms with van der Waals surface area (Å²) in [6, 6.07) is 1.19. The molecule has 124 valence electrons. The number of aliphatic hydroxyl groups excluding tert-OH is 1. The number of carbonyl (C=O) groups excluding carboxylic acids is 1. The molecule has 1 aliphatic rings. The molecule has 2 aromatic heterocycles. The molecule has 3 rings (SSSR count). The van der Waals surface area contributed by atoms with E-state index < -0.39 is 0 Å². The minimum absolute atomic E-state index is 0.121. The van der Waals surface area contributed by atoms with Crippen LogP contribution in [0.2, 0.25) is 0 Å². The van der Waals surface area contributed by atoms with Gasteiger partial charge in [0.2, 0.25) is 5.91 Å². The van der Waals surface area contributed by atoms with E-state index in [-0.39, 0.29) is 36.0 Å². The predicted octanol–water partition coefficient (Wildman–Crippen LogP) is 0.262. The molecule has 0 bridgehead atoms. The second-order valence-corrected chi connectivity index (χ2v) is 6.06. The van der Waals surface area contributed by atoms with Gasteiger partial charge in [-0.1, -0.05) is 0 Å². The van der Waals surface area contributed by atoms with Gasteiger partial charge in [-0.25, -0.2) is 0 Å². The molecule has 8 heteroatoms. The smallest absolute Gasteiger partial charge is 0.280 e. The SMILES string of the molecule is Cn1cc(C(NC(=O)CCc2cc(=O)[nH]o2)C2CC(O)C2)cn1. The first-order valence-corrected chi connectivity index (χ1v) is 7.64. The zero-order valence-corrected chi connectivity index (χ0v) is 12.9. The third kappa shape index (κ3) is 3.70. The normalized spacial score (nSPS) is 21.7. The highest BCUT2D eigenvalue weighted by Gasteiger charge is 2.36. The van der Waals surface area contributed by atoms with Crippen molar-refractivity contribution >= 4 is 5.91 Å². The number of aromatic nitrogens is 3. The lowest BCUT2D eigenvalue weighted by molar-refractivity contribution is -0.123. The molecule has 2 heterocycles. The van der Waals surface area contributed by atoms with Crippen LogP contribution in [-0.2, 0) is 18.3 Å². The molecule has 1 fully saturated rings. The number of nitrogens with zero attached hydrogens (tertiary/aromatic N) is 2. The Bertz CT molecular complexity index is 726. The van der Waals surface area contributed by atoms with Crippen LogP contribution in [0.25, 0.3) is 0 Å². The molecule has 0 radical (unpaired) electrons. The standard InChI is InChI=1S/C15H20N4O4/c1-19-8-10(7-16-19)15(9-4-11(20)5-9)17-13(21)3-2-12-6-14(22)18-23-12/h6-9,11,15,20H,2-5H2,1H3,(H,17,21)(H,18,22). The van der Waals surface area contributed by atoms with Crippen LogP contribution in [0.5, 0.6) is 0 Å². The molecule has 0 aliphatic heterocycles. The van der Waals surface area contributed by atoms with Gasteiger partial charge < -0.3 is 14.9 Å². The molecule has 1 unspecified atom stereocenters. The zero-order chi connectivity index (χ0) is 16.4. The third-order valence-corrected chi connectivity index (χ3v) is 4.19. The van der Waals surface area contributed by atoms with E-state index in [0.29, 0.717) is 25.0 Å². The maximum absolute atomic E-state index is 12.2. The van der Waals surface area contributed by atoms with E-state index in [2.05, 4.69) is 15.6 Å². The van der Waals surface area contributed by atoms with Gasteiger partial charge in [-0.15, -0.1) is 0 Å². The number of aromatic amines is 1. The fraction of sp³-hybridized carbons (Fsp3) is 0.533. The average Bonchev–Trinajstić information content (AvgIpc) is 3.08. The Balaban J connectivity index is 1.61. The highest BCUT2D eigenvalue weighted by Crippen LogP contribution is 2.37. The summed E-state index contributed by atoms with van der Waals surface area (Å²) in [7, 11) is 1.83. The van der Waals surface area contributed by atoms with Crippen LogP contribution in [0.1, 0.15) is 36.6 Å². The van der Waals surface area contributed by atoms with Crippen LogP contribution in [-0.4, -0.2) is 32.1 Å². The molecule has 0 saturated heterocycles. The zero-order valence-electron chi connectivity index (χ0n) is 12.9. The summed E-state index contributed by atoms with van der Waals surface area (Å²) in [6.45, 7) is 0. The van der Waals surface area contributed by atoms with Crippen molar-refractivity contribution in [3.8, 4) is 0 Å². The fourth-order valence-corrected chi connectivity index (χ4v) is 2.90. The van der Waals surface area contributed by atoms with Crippen molar-refractivity contribution in [3.05, 3.63) is 40.1 Å². The molecule has 2 aromatic rings. The number of rotatable bonds is 6. The summed E-state index contributed by atoms with van der Waals surface area (Å²) < 4.78 is 6.63. The average molecular weight is 320 g/mol. The Morgan fingerprint density at radius 2 is 2.39 bits per heavy atom.